The first kappa shape index (κ1) is 47.8. The molecule has 0 unspecified atom stereocenters. The number of carboxylic acid groups (broad SMARTS) is 1. The second-order valence-electron chi connectivity index (χ2n) is 18.4. The van der Waals surface area contributed by atoms with Gasteiger partial charge in [0.05, 0.1) is 28.9 Å². The summed E-state index contributed by atoms with van der Waals surface area (Å²) in [5, 5.41) is 16.9. The summed E-state index contributed by atoms with van der Waals surface area (Å²) in [5.41, 5.74) is -0.563. The Labute approximate surface area is 367 Å². The predicted molar refractivity (Wildman–Crippen MR) is 233 cm³/mol. The molecular weight excluding hydrogens is 817 g/mol. The fourth-order valence-corrected chi connectivity index (χ4v) is 5.83. The number of carbonyl (C=O) groups excluding carboxylic acids is 3. The van der Waals surface area contributed by atoms with Crippen molar-refractivity contribution in [2.24, 2.45) is 0 Å². The van der Waals surface area contributed by atoms with Crippen LogP contribution < -0.4 is 20.1 Å². The predicted octanol–water partition coefficient (Wildman–Crippen LogP) is 8.31. The van der Waals surface area contributed by atoms with Crippen LogP contribution in [-0.2, 0) is 33.3 Å². The number of esters is 1. The molecule has 2 aliphatic carbocycles. The van der Waals surface area contributed by atoms with E-state index in [2.05, 4.69) is 30.6 Å². The third kappa shape index (κ3) is 14.4. The maximum atomic E-state index is 12.0. The van der Waals surface area contributed by atoms with Crippen molar-refractivity contribution in [3.63, 3.8) is 0 Å². The van der Waals surface area contributed by atoms with E-state index in [1.807, 2.05) is 24.3 Å². The van der Waals surface area contributed by atoms with Crippen LogP contribution in [0.25, 0.3) is 21.8 Å². The van der Waals surface area contributed by atoms with Gasteiger partial charge in [0.25, 0.3) is 0 Å². The first-order valence-electron chi connectivity index (χ1n) is 20.9. The number of methoxy groups -OCH3 is 1. The van der Waals surface area contributed by atoms with Crippen molar-refractivity contribution in [3.05, 3.63) is 48.0 Å². The first-order valence-corrected chi connectivity index (χ1v) is 20.9. The molecule has 4 aromatic rings. The highest BCUT2D eigenvalue weighted by atomic mass is 16.7. The van der Waals surface area contributed by atoms with E-state index in [9.17, 15) is 24.3 Å². The van der Waals surface area contributed by atoms with E-state index in [1.54, 1.807) is 81.4 Å². The molecule has 63 heavy (non-hydrogen) atoms. The third-order valence-corrected chi connectivity index (χ3v) is 9.25. The van der Waals surface area contributed by atoms with Gasteiger partial charge in [0.1, 0.15) is 60.4 Å². The Morgan fingerprint density at radius 2 is 1.00 bits per heavy atom. The molecule has 0 aliphatic heterocycles. The highest BCUT2D eigenvalue weighted by Gasteiger charge is 2.32. The summed E-state index contributed by atoms with van der Waals surface area (Å²) in [6.45, 7) is 17.4. The second kappa shape index (κ2) is 19.5. The van der Waals surface area contributed by atoms with Crippen LogP contribution in [0.5, 0.6) is 11.8 Å². The number of ether oxygens (including phenoxy) is 7. The van der Waals surface area contributed by atoms with Gasteiger partial charge in [-0.15, -0.1) is 0 Å². The van der Waals surface area contributed by atoms with Gasteiger partial charge in [0, 0.05) is 23.2 Å². The number of hydrogen-bond acceptors (Lipinski definition) is 17. The normalized spacial score (nSPS) is 14.1. The minimum absolute atomic E-state index is 0.00313. The Hall–Kier alpha value is -6.20. The highest BCUT2D eigenvalue weighted by Crippen LogP contribution is 2.41. The van der Waals surface area contributed by atoms with Crippen molar-refractivity contribution in [2.45, 2.75) is 129 Å². The lowest BCUT2D eigenvalue weighted by Gasteiger charge is -2.24. The van der Waals surface area contributed by atoms with Crippen molar-refractivity contribution in [1.82, 2.24) is 19.9 Å². The maximum absolute atomic E-state index is 12.0. The molecule has 0 radical (unpaired) electrons. The van der Waals surface area contributed by atoms with E-state index in [1.165, 1.54) is 7.11 Å². The number of nitrogens with zero attached hydrogens (tertiary/aromatic N) is 4. The molecule has 2 aliphatic rings. The van der Waals surface area contributed by atoms with E-state index in [0.29, 0.717) is 51.3 Å². The van der Waals surface area contributed by atoms with Crippen molar-refractivity contribution >= 4 is 57.4 Å². The molecule has 0 spiro atoms. The lowest BCUT2D eigenvalue weighted by atomic mass is 10.1. The molecule has 2 aromatic carbocycles. The van der Waals surface area contributed by atoms with Crippen LogP contribution in [0.15, 0.2) is 36.4 Å². The van der Waals surface area contributed by atoms with E-state index >= 15 is 0 Å². The Kier molecular flexibility index (Phi) is 14.8. The number of carbonyl (C=O) groups is 4. The third-order valence-electron chi connectivity index (χ3n) is 9.25. The van der Waals surface area contributed by atoms with Gasteiger partial charge in [-0.05, 0) is 131 Å². The zero-order chi connectivity index (χ0) is 46.3. The number of carboxylic acids is 1. The van der Waals surface area contributed by atoms with E-state index in [0.717, 1.165) is 42.8 Å². The van der Waals surface area contributed by atoms with Crippen molar-refractivity contribution < 1.29 is 57.4 Å². The summed E-state index contributed by atoms with van der Waals surface area (Å²) < 4.78 is 36.9. The summed E-state index contributed by atoms with van der Waals surface area (Å²) in [6, 6.07) is 10.9. The second-order valence-corrected chi connectivity index (χ2v) is 18.4. The molecule has 0 saturated heterocycles. The number of nitrogens with one attached hydrogen (secondary N) is 2. The van der Waals surface area contributed by atoms with Crippen LogP contribution in [0.2, 0.25) is 0 Å². The fourth-order valence-electron chi connectivity index (χ4n) is 5.83. The number of anilines is 2. The zero-order valence-corrected chi connectivity index (χ0v) is 38.0. The van der Waals surface area contributed by atoms with E-state index < -0.39 is 40.6 Å². The van der Waals surface area contributed by atoms with Crippen LogP contribution in [0.1, 0.15) is 118 Å². The monoisotopic (exact) mass is 876 g/mol. The molecule has 3 N–H and O–H groups in total. The summed E-state index contributed by atoms with van der Waals surface area (Å²) in [7, 11) is 1.35. The highest BCUT2D eigenvalue weighted by molar-refractivity contribution is 5.90. The quantitative estimate of drug-likeness (QED) is 0.0546. The minimum atomic E-state index is -1.15. The molecule has 2 fully saturated rings. The minimum Gasteiger partial charge on any atom is -0.480 e. The molecule has 0 bridgehead atoms. The molecule has 0 atom stereocenters. The molecule has 6 rings (SSSR count). The molecule has 2 heterocycles. The summed E-state index contributed by atoms with van der Waals surface area (Å²) >= 11 is 0. The SMILES string of the molecule is CC(C)(C)OC(=O)OCCOc1nc(C2CC2)nc2ccc(NC(C)(C)C(=O)O)cc12.COC(=O)C(C)(C)Nc1ccc2nc(C3CC3)nc(OCCOC(=O)OC(C)(C)C)c2c1. The van der Waals surface area contributed by atoms with Crippen LogP contribution in [0, 0.1) is 0 Å². The molecule has 342 valence electrons. The average Bonchev–Trinajstić information content (AvgIpc) is 4.11. The van der Waals surface area contributed by atoms with Gasteiger partial charge in [-0.1, -0.05) is 0 Å². The van der Waals surface area contributed by atoms with Gasteiger partial charge in [0.15, 0.2) is 0 Å². The van der Waals surface area contributed by atoms with E-state index in [-0.39, 0.29) is 32.4 Å². The van der Waals surface area contributed by atoms with Crippen molar-refractivity contribution in [2.75, 3.05) is 44.2 Å². The number of hydrogen-bond donors (Lipinski definition) is 3. The average molecular weight is 877 g/mol. The Morgan fingerprint density at radius 3 is 1.35 bits per heavy atom. The topological polar surface area (TPSA) is 229 Å². The van der Waals surface area contributed by atoms with Crippen LogP contribution in [-0.4, -0.2) is 105 Å². The van der Waals surface area contributed by atoms with E-state index in [4.69, 9.17) is 33.2 Å². The Morgan fingerprint density at radius 1 is 0.603 bits per heavy atom. The summed E-state index contributed by atoms with van der Waals surface area (Å²) in [5.74, 6) is 1.57. The Bertz CT molecular complexity index is 2290. The van der Waals surface area contributed by atoms with Gasteiger partial charge in [-0.25, -0.2) is 29.1 Å². The molecule has 2 aromatic heterocycles. The number of benzene rings is 2. The lowest BCUT2D eigenvalue weighted by Crippen LogP contribution is -2.41. The number of rotatable bonds is 16. The molecule has 2 saturated carbocycles. The fraction of sp³-hybridized carbons (Fsp3) is 0.556. The summed E-state index contributed by atoms with van der Waals surface area (Å²) in [6.07, 6.45) is 2.69. The van der Waals surface area contributed by atoms with Gasteiger partial charge in [-0.2, -0.15) is 9.97 Å². The zero-order valence-electron chi connectivity index (χ0n) is 38.0. The number of fused-ring (bicyclic) bond motifs is 2. The Balaban J connectivity index is 0.000000238. The van der Waals surface area contributed by atoms with Gasteiger partial charge in [0.2, 0.25) is 11.8 Å². The van der Waals surface area contributed by atoms with Crippen molar-refractivity contribution in [1.29, 1.82) is 0 Å². The van der Waals surface area contributed by atoms with Gasteiger partial charge in [-0.3, -0.25) is 0 Å². The standard InChI is InChI=1S/C23H31N3O6.C22H29N3O6/c1-22(2,3)32-21(28)31-12-11-30-19-16-13-15(26-23(4,5)20(27)29-6)9-10-17(16)24-18(25-19)14-7-8-14;1-21(2,3)31-20(28)30-11-10-29-18-15-12-14(25-22(4,5)19(26)27)8-9-16(15)23-17(24-18)13-6-7-13/h9-10,13-14,26H,7-8,11-12H2,1-6H3;8-9,12-13,25H,6-7,10-11H2,1-5H3,(H,26,27). The van der Waals surface area contributed by atoms with Crippen molar-refractivity contribution in [3.8, 4) is 11.8 Å². The molecular formula is C45H60N6O12. The summed E-state index contributed by atoms with van der Waals surface area (Å²) in [4.78, 5) is 65.3. The van der Waals surface area contributed by atoms with Crippen LogP contribution >= 0.6 is 0 Å². The van der Waals surface area contributed by atoms with Gasteiger partial charge < -0.3 is 48.9 Å². The molecule has 0 amide bonds. The van der Waals surface area contributed by atoms with Crippen LogP contribution in [0.3, 0.4) is 0 Å². The number of aliphatic carboxylic acids is 1. The smallest absolute Gasteiger partial charge is 0.480 e. The van der Waals surface area contributed by atoms with Crippen LogP contribution in [0.4, 0.5) is 21.0 Å². The lowest BCUT2D eigenvalue weighted by molar-refractivity contribution is -0.144. The maximum Gasteiger partial charge on any atom is 0.508 e. The molecule has 18 heteroatoms. The van der Waals surface area contributed by atoms with Gasteiger partial charge >= 0.3 is 24.2 Å². The first-order chi connectivity index (χ1) is 29.4. The molecule has 18 nitrogen and oxygen atoms in total. The largest absolute Gasteiger partial charge is 0.508 e. The number of aromatic nitrogens is 4.